The molecule has 3 aliphatic carbocycles. The van der Waals surface area contributed by atoms with Crippen molar-refractivity contribution in [1.29, 1.82) is 0 Å². The van der Waals surface area contributed by atoms with E-state index in [1.54, 1.807) is 77.0 Å². The van der Waals surface area contributed by atoms with Crippen molar-refractivity contribution in [1.82, 2.24) is 0 Å². The maximum absolute atomic E-state index is 4.44. The molecule has 4 heteroatoms. The summed E-state index contributed by atoms with van der Waals surface area (Å²) in [5.41, 5.74) is 3.57. The van der Waals surface area contributed by atoms with Gasteiger partial charge in [0.15, 0.2) is 0 Å². The quantitative estimate of drug-likeness (QED) is 0.343. The van der Waals surface area contributed by atoms with Gasteiger partial charge in [0.2, 0.25) is 0 Å². The normalized spacial score (nSPS) is 27.5. The van der Waals surface area contributed by atoms with Crippen LogP contribution in [0, 0.1) is 0 Å². The summed E-state index contributed by atoms with van der Waals surface area (Å²) < 4.78 is 0. The Hall–Kier alpha value is 0.415. The zero-order valence-electron chi connectivity index (χ0n) is 15.7. The Labute approximate surface area is 151 Å². The second-order valence-corrected chi connectivity index (χ2v) is 11.4. The zero-order valence-corrected chi connectivity index (χ0v) is 16.6. The van der Waals surface area contributed by atoms with Crippen molar-refractivity contribution >= 4 is 15.4 Å². The first kappa shape index (κ1) is 19.2. The van der Waals surface area contributed by atoms with Gasteiger partial charge >= 0.3 is 7.48 Å². The molecule has 0 N–H and O–H groups in total. The van der Waals surface area contributed by atoms with Crippen molar-refractivity contribution in [3.8, 4) is 0 Å². The van der Waals surface area contributed by atoms with Gasteiger partial charge in [-0.15, -0.1) is 0 Å². The molecule has 0 aromatic carbocycles. The standard InChI is InChI=1S/C18H33P.C2H5BO2/c1-4-10-16(11-5-1)19(17-12-6-2-7-13-17)18-14-8-3-9-15-18;1-2-4-5-3-1/h16-18H,1-15H2;3H,1-2H2. The highest BCUT2D eigenvalue weighted by Crippen LogP contribution is 2.61. The Balaban J connectivity index is 0.000000290. The monoisotopic (exact) mass is 352 g/mol. The van der Waals surface area contributed by atoms with Crippen LogP contribution >= 0.6 is 7.92 Å². The van der Waals surface area contributed by atoms with Crippen LogP contribution in [0.25, 0.3) is 0 Å². The molecule has 0 amide bonds. The van der Waals surface area contributed by atoms with Crippen LogP contribution in [0.3, 0.4) is 0 Å². The second-order valence-electron chi connectivity index (χ2n) is 8.32. The van der Waals surface area contributed by atoms with E-state index in [1.807, 2.05) is 0 Å². The fraction of sp³-hybridized carbons (Fsp3) is 1.00. The summed E-state index contributed by atoms with van der Waals surface area (Å²) in [6.45, 7) is 0.778. The molecule has 3 saturated carbocycles. The predicted octanol–water partition coefficient (Wildman–Crippen LogP) is 6.18. The van der Waals surface area contributed by atoms with Gasteiger partial charge in [0.1, 0.15) is 0 Å². The highest BCUT2D eigenvalue weighted by Gasteiger charge is 2.36. The van der Waals surface area contributed by atoms with Gasteiger partial charge in [-0.2, -0.15) is 0 Å². The molecule has 0 aromatic heterocycles. The van der Waals surface area contributed by atoms with Crippen LogP contribution < -0.4 is 0 Å². The first-order valence-electron chi connectivity index (χ1n) is 11.0. The topological polar surface area (TPSA) is 18.5 Å². The smallest absolute Gasteiger partial charge is 0.310 e. The van der Waals surface area contributed by atoms with E-state index in [0.29, 0.717) is 7.92 Å². The van der Waals surface area contributed by atoms with Gasteiger partial charge in [0.25, 0.3) is 0 Å². The Bertz CT molecular complexity index is 269. The highest BCUT2D eigenvalue weighted by atomic mass is 31.1. The predicted molar refractivity (Wildman–Crippen MR) is 107 cm³/mol. The molecule has 1 saturated heterocycles. The van der Waals surface area contributed by atoms with E-state index in [2.05, 4.69) is 9.69 Å². The van der Waals surface area contributed by atoms with Crippen LogP contribution in [0.4, 0.5) is 0 Å². The van der Waals surface area contributed by atoms with Crippen molar-refractivity contribution in [2.75, 3.05) is 6.61 Å². The van der Waals surface area contributed by atoms with E-state index in [9.17, 15) is 0 Å². The molecule has 0 atom stereocenters. The fourth-order valence-electron chi connectivity index (χ4n) is 5.33. The first-order valence-corrected chi connectivity index (χ1v) is 12.5. The van der Waals surface area contributed by atoms with Crippen LogP contribution in [0.15, 0.2) is 0 Å². The average Bonchev–Trinajstić information content (AvgIpc) is 3.25. The van der Waals surface area contributed by atoms with Crippen LogP contribution in [-0.4, -0.2) is 31.1 Å². The van der Waals surface area contributed by atoms with Crippen LogP contribution in [0.5, 0.6) is 0 Å². The van der Waals surface area contributed by atoms with Crippen molar-refractivity contribution in [3.05, 3.63) is 0 Å². The summed E-state index contributed by atoms with van der Waals surface area (Å²) in [5, 5.41) is 0. The van der Waals surface area contributed by atoms with Gasteiger partial charge in [-0.3, -0.25) is 4.89 Å². The molecular weight excluding hydrogens is 314 g/mol. The molecule has 138 valence electrons. The summed E-state index contributed by atoms with van der Waals surface area (Å²) in [7, 11) is 1.16. The van der Waals surface area contributed by atoms with E-state index in [4.69, 9.17) is 0 Å². The third-order valence-corrected chi connectivity index (χ3v) is 10.6. The molecule has 4 fully saturated rings. The molecule has 0 bridgehead atoms. The minimum Gasteiger partial charge on any atom is -0.310 e. The maximum atomic E-state index is 4.44. The summed E-state index contributed by atoms with van der Waals surface area (Å²) in [6, 6.07) is 0. The molecule has 0 aromatic rings. The molecule has 4 rings (SSSR count). The van der Waals surface area contributed by atoms with Crippen molar-refractivity contribution in [2.24, 2.45) is 0 Å². The van der Waals surface area contributed by atoms with Gasteiger partial charge in [0, 0.05) is 0 Å². The lowest BCUT2D eigenvalue weighted by Crippen LogP contribution is -2.28. The Morgan fingerprint density at radius 2 is 1.00 bits per heavy atom. The summed E-state index contributed by atoms with van der Waals surface area (Å²) in [6.07, 6.45) is 24.7. The third-order valence-electron chi connectivity index (χ3n) is 6.53. The molecule has 4 aliphatic rings. The summed E-state index contributed by atoms with van der Waals surface area (Å²) >= 11 is 0. The van der Waals surface area contributed by atoms with Gasteiger partial charge < -0.3 is 4.81 Å². The molecular formula is C20H38BO2P. The number of hydrogen-bond acceptors (Lipinski definition) is 2. The SMILES string of the molecule is B1CCOO1.C1CCC(P(C2CCCCC2)C2CCCCC2)CC1. The Morgan fingerprint density at radius 3 is 1.25 bits per heavy atom. The first-order chi connectivity index (χ1) is 11.9. The van der Waals surface area contributed by atoms with Gasteiger partial charge in [-0.1, -0.05) is 65.7 Å². The number of hydrogen-bond donors (Lipinski definition) is 0. The molecule has 2 nitrogen and oxygen atoms in total. The Kier molecular flexibility index (Phi) is 8.95. The second kappa shape index (κ2) is 11.2. The van der Waals surface area contributed by atoms with Crippen molar-refractivity contribution < 1.29 is 9.69 Å². The summed E-state index contributed by atoms with van der Waals surface area (Å²) in [5.74, 6) is 0. The summed E-state index contributed by atoms with van der Waals surface area (Å²) in [4.78, 5) is 8.89. The molecule has 0 unspecified atom stereocenters. The largest absolute Gasteiger partial charge is 0.325 e. The average molecular weight is 352 g/mol. The van der Waals surface area contributed by atoms with Gasteiger partial charge in [-0.25, -0.2) is 0 Å². The Morgan fingerprint density at radius 1 is 0.583 bits per heavy atom. The minimum absolute atomic E-state index is 0.385. The lowest BCUT2D eigenvalue weighted by Gasteiger charge is -2.44. The lowest BCUT2D eigenvalue weighted by atomic mass is 9.99. The molecule has 1 heterocycles. The third kappa shape index (κ3) is 5.99. The van der Waals surface area contributed by atoms with Crippen molar-refractivity contribution in [3.63, 3.8) is 0 Å². The molecule has 24 heavy (non-hydrogen) atoms. The fourth-order valence-corrected chi connectivity index (χ4v) is 10.00. The van der Waals surface area contributed by atoms with Gasteiger partial charge in [-0.05, 0) is 61.8 Å². The lowest BCUT2D eigenvalue weighted by molar-refractivity contribution is -0.181. The maximum Gasteiger partial charge on any atom is 0.325 e. The van der Waals surface area contributed by atoms with Crippen LogP contribution in [0.2, 0.25) is 6.32 Å². The zero-order chi connectivity index (χ0) is 16.5. The minimum atomic E-state index is 0.385. The molecule has 0 radical (unpaired) electrons. The van der Waals surface area contributed by atoms with Crippen LogP contribution in [0.1, 0.15) is 96.3 Å². The molecule has 1 aliphatic heterocycles. The van der Waals surface area contributed by atoms with Crippen molar-refractivity contribution in [2.45, 2.75) is 120 Å². The van der Waals surface area contributed by atoms with E-state index >= 15 is 0 Å². The highest BCUT2D eigenvalue weighted by molar-refractivity contribution is 7.60. The van der Waals surface area contributed by atoms with Crippen LogP contribution in [-0.2, 0) is 9.69 Å². The van der Waals surface area contributed by atoms with E-state index < -0.39 is 0 Å². The van der Waals surface area contributed by atoms with E-state index in [0.717, 1.165) is 20.4 Å². The molecule has 0 spiro atoms. The van der Waals surface area contributed by atoms with E-state index in [-0.39, 0.29) is 0 Å². The van der Waals surface area contributed by atoms with Gasteiger partial charge in [0.05, 0.1) is 6.61 Å². The number of rotatable bonds is 3. The van der Waals surface area contributed by atoms with E-state index in [1.165, 1.54) is 36.2 Å².